The summed E-state index contributed by atoms with van der Waals surface area (Å²) in [6, 6.07) is -0.829. The highest BCUT2D eigenvalue weighted by Gasteiger charge is 2.44. The Kier molecular flexibility index (Phi) is 45.6. The van der Waals surface area contributed by atoms with E-state index in [1.165, 1.54) is 167 Å². The SMILES string of the molecule is CCCCCCC/C=C\C/C=C\C/C=C\CCCCCCCCCCC(=O)NC(COC1OC(CO)C(O)C(O)C1O)C(O)/C=C/CC/C=C/CCCCCCCCCCCCCCCCCC. The van der Waals surface area contributed by atoms with E-state index in [4.69, 9.17) is 9.47 Å². The number of amides is 1. The lowest BCUT2D eigenvalue weighted by Gasteiger charge is -2.40. The standard InChI is InChI=1S/C59H107NO8/c1-3-5-7-9-11-13-15-17-19-21-23-25-27-29-31-33-35-37-39-41-43-45-47-49-55(63)60-52(51-67-59-58(66)57(65)56(64)54(50-61)68-59)53(62)48-46-44-42-40-38-36-34-32-30-28-26-24-22-20-18-16-14-12-10-8-6-4-2/h15,17,21,23,27,29,38,40,46,48,52-54,56-59,61-62,64-66H,3-14,16,18-20,22,24-26,28,30-37,39,41-45,47,49-51H2,1-2H3,(H,60,63)/b17-15-,23-21-,29-27-,40-38+,48-46+. The lowest BCUT2D eigenvalue weighted by molar-refractivity contribution is -0.302. The van der Waals surface area contributed by atoms with E-state index in [9.17, 15) is 30.3 Å². The van der Waals surface area contributed by atoms with Crippen molar-refractivity contribution in [1.82, 2.24) is 5.32 Å². The molecule has 0 aromatic rings. The topological polar surface area (TPSA) is 149 Å². The molecule has 0 aliphatic carbocycles. The monoisotopic (exact) mass is 958 g/mol. The molecule has 6 N–H and O–H groups in total. The minimum absolute atomic E-state index is 0.194. The fraction of sp³-hybridized carbons (Fsp3) is 0.814. The summed E-state index contributed by atoms with van der Waals surface area (Å²) < 4.78 is 11.3. The first-order valence-corrected chi connectivity index (χ1v) is 28.5. The highest BCUT2D eigenvalue weighted by molar-refractivity contribution is 5.76. The summed E-state index contributed by atoms with van der Waals surface area (Å²) in [5.74, 6) is -0.194. The molecule has 1 aliphatic heterocycles. The molecule has 9 nitrogen and oxygen atoms in total. The Bertz CT molecular complexity index is 1250. The smallest absolute Gasteiger partial charge is 0.220 e. The first-order valence-electron chi connectivity index (χ1n) is 28.5. The number of rotatable bonds is 48. The van der Waals surface area contributed by atoms with E-state index < -0.39 is 49.5 Å². The van der Waals surface area contributed by atoms with Crippen molar-refractivity contribution >= 4 is 5.91 Å². The summed E-state index contributed by atoms with van der Waals surface area (Å²) in [7, 11) is 0. The Morgan fingerprint density at radius 2 is 0.882 bits per heavy atom. The molecule has 0 aromatic carbocycles. The van der Waals surface area contributed by atoms with Gasteiger partial charge in [0.1, 0.15) is 24.4 Å². The Morgan fingerprint density at radius 3 is 1.34 bits per heavy atom. The van der Waals surface area contributed by atoms with Crippen molar-refractivity contribution in [3.63, 3.8) is 0 Å². The van der Waals surface area contributed by atoms with Crippen LogP contribution in [-0.2, 0) is 14.3 Å². The molecule has 1 amide bonds. The Morgan fingerprint density at radius 1 is 0.500 bits per heavy atom. The van der Waals surface area contributed by atoms with Gasteiger partial charge in [0.25, 0.3) is 0 Å². The Labute approximate surface area is 417 Å². The third-order valence-corrected chi connectivity index (χ3v) is 13.3. The van der Waals surface area contributed by atoms with Crippen LogP contribution in [0.2, 0.25) is 0 Å². The molecule has 0 aromatic heterocycles. The number of hydrogen-bond acceptors (Lipinski definition) is 8. The first kappa shape index (κ1) is 63.9. The maximum atomic E-state index is 13.0. The van der Waals surface area contributed by atoms with E-state index in [0.717, 1.165) is 64.2 Å². The molecule has 68 heavy (non-hydrogen) atoms. The van der Waals surface area contributed by atoms with Gasteiger partial charge in [0.15, 0.2) is 6.29 Å². The van der Waals surface area contributed by atoms with Gasteiger partial charge in [0.05, 0.1) is 25.4 Å². The molecule has 0 saturated carbocycles. The average Bonchev–Trinajstić information content (AvgIpc) is 3.34. The molecule has 1 fully saturated rings. The van der Waals surface area contributed by atoms with Gasteiger partial charge in [0, 0.05) is 6.42 Å². The molecule has 0 spiro atoms. The van der Waals surface area contributed by atoms with Crippen LogP contribution in [-0.4, -0.2) is 87.5 Å². The van der Waals surface area contributed by atoms with Gasteiger partial charge in [-0.05, 0) is 70.6 Å². The highest BCUT2D eigenvalue weighted by atomic mass is 16.7. The van der Waals surface area contributed by atoms with Crippen molar-refractivity contribution in [1.29, 1.82) is 0 Å². The van der Waals surface area contributed by atoms with Crippen LogP contribution in [0.1, 0.15) is 251 Å². The van der Waals surface area contributed by atoms with Gasteiger partial charge in [-0.3, -0.25) is 4.79 Å². The molecule has 1 aliphatic rings. The second-order valence-corrected chi connectivity index (χ2v) is 19.7. The van der Waals surface area contributed by atoms with Crippen molar-refractivity contribution in [2.75, 3.05) is 13.2 Å². The van der Waals surface area contributed by atoms with Gasteiger partial charge in [-0.1, -0.05) is 235 Å². The molecule has 9 heteroatoms. The quantitative estimate of drug-likeness (QED) is 0.0261. The lowest BCUT2D eigenvalue weighted by atomic mass is 9.99. The number of nitrogens with one attached hydrogen (secondary N) is 1. The normalized spacial score (nSPS) is 20.0. The van der Waals surface area contributed by atoms with Gasteiger partial charge < -0.3 is 40.3 Å². The van der Waals surface area contributed by atoms with Crippen LogP contribution < -0.4 is 5.32 Å². The highest BCUT2D eigenvalue weighted by Crippen LogP contribution is 2.23. The van der Waals surface area contributed by atoms with Crippen LogP contribution >= 0.6 is 0 Å². The number of hydrogen-bond donors (Lipinski definition) is 6. The molecule has 0 bridgehead atoms. The third kappa shape index (κ3) is 37.7. The van der Waals surface area contributed by atoms with Crippen molar-refractivity contribution < 1.29 is 39.8 Å². The van der Waals surface area contributed by atoms with Gasteiger partial charge >= 0.3 is 0 Å². The van der Waals surface area contributed by atoms with E-state index >= 15 is 0 Å². The van der Waals surface area contributed by atoms with E-state index in [0.29, 0.717) is 6.42 Å². The minimum Gasteiger partial charge on any atom is -0.394 e. The number of carbonyl (C=O) groups is 1. The maximum Gasteiger partial charge on any atom is 0.220 e. The van der Waals surface area contributed by atoms with Crippen LogP contribution in [0.3, 0.4) is 0 Å². The minimum atomic E-state index is -1.58. The molecular weight excluding hydrogens is 851 g/mol. The lowest BCUT2D eigenvalue weighted by Crippen LogP contribution is -2.60. The summed E-state index contributed by atoms with van der Waals surface area (Å²) in [5.41, 5.74) is 0. The van der Waals surface area contributed by atoms with E-state index in [2.05, 4.69) is 67.8 Å². The van der Waals surface area contributed by atoms with Crippen LogP contribution in [0.25, 0.3) is 0 Å². The van der Waals surface area contributed by atoms with E-state index in [-0.39, 0.29) is 12.5 Å². The fourth-order valence-corrected chi connectivity index (χ4v) is 8.77. The summed E-state index contributed by atoms with van der Waals surface area (Å²) in [4.78, 5) is 13.0. The van der Waals surface area contributed by atoms with Crippen LogP contribution in [0.5, 0.6) is 0 Å². The van der Waals surface area contributed by atoms with Crippen LogP contribution in [0.4, 0.5) is 0 Å². The summed E-state index contributed by atoms with van der Waals surface area (Å²) in [5, 5.41) is 54.5. The van der Waals surface area contributed by atoms with Gasteiger partial charge in [0.2, 0.25) is 5.91 Å². The largest absolute Gasteiger partial charge is 0.394 e. The fourth-order valence-electron chi connectivity index (χ4n) is 8.77. The second-order valence-electron chi connectivity index (χ2n) is 19.7. The van der Waals surface area contributed by atoms with Crippen LogP contribution in [0, 0.1) is 0 Å². The zero-order valence-corrected chi connectivity index (χ0v) is 43.9. The zero-order chi connectivity index (χ0) is 49.4. The maximum absolute atomic E-state index is 13.0. The average molecular weight is 959 g/mol. The molecule has 0 radical (unpaired) electrons. The second kappa shape index (κ2) is 48.5. The molecule has 7 atom stereocenters. The predicted octanol–water partition coefficient (Wildman–Crippen LogP) is 13.9. The Balaban J connectivity index is 2.28. The number of ether oxygens (including phenoxy) is 2. The molecule has 1 saturated heterocycles. The summed E-state index contributed by atoms with van der Waals surface area (Å²) in [6.07, 6.45) is 58.5. The predicted molar refractivity (Wildman–Crippen MR) is 286 cm³/mol. The van der Waals surface area contributed by atoms with Crippen LogP contribution in [0.15, 0.2) is 60.8 Å². The van der Waals surface area contributed by atoms with E-state index in [1.54, 1.807) is 6.08 Å². The molecule has 7 unspecified atom stereocenters. The molecule has 1 heterocycles. The number of allylic oxidation sites excluding steroid dienone is 9. The Hall–Kier alpha value is -2.11. The van der Waals surface area contributed by atoms with E-state index in [1.807, 2.05) is 6.08 Å². The van der Waals surface area contributed by atoms with Crippen molar-refractivity contribution in [3.05, 3.63) is 60.8 Å². The molecule has 396 valence electrons. The summed E-state index contributed by atoms with van der Waals surface area (Å²) in [6.45, 7) is 3.76. The summed E-state index contributed by atoms with van der Waals surface area (Å²) >= 11 is 0. The van der Waals surface area contributed by atoms with Crippen molar-refractivity contribution in [2.45, 2.75) is 294 Å². The number of carbonyl (C=O) groups excluding carboxylic acids is 1. The van der Waals surface area contributed by atoms with Gasteiger partial charge in [-0.15, -0.1) is 0 Å². The molecule has 1 rings (SSSR count). The number of aliphatic hydroxyl groups excluding tert-OH is 5. The third-order valence-electron chi connectivity index (χ3n) is 13.3. The number of unbranched alkanes of at least 4 members (excludes halogenated alkanes) is 30. The number of aliphatic hydroxyl groups is 5. The zero-order valence-electron chi connectivity index (χ0n) is 43.9. The first-order chi connectivity index (χ1) is 33.3. The van der Waals surface area contributed by atoms with Crippen molar-refractivity contribution in [3.8, 4) is 0 Å². The molecular formula is C59H107NO8. The van der Waals surface area contributed by atoms with Gasteiger partial charge in [-0.25, -0.2) is 0 Å². The van der Waals surface area contributed by atoms with Gasteiger partial charge in [-0.2, -0.15) is 0 Å². The van der Waals surface area contributed by atoms with Crippen molar-refractivity contribution in [2.24, 2.45) is 0 Å².